The van der Waals surface area contributed by atoms with Gasteiger partial charge in [0.1, 0.15) is 5.75 Å². The third-order valence-corrected chi connectivity index (χ3v) is 2.59. The highest BCUT2D eigenvalue weighted by Gasteiger charge is 2.30. The monoisotopic (exact) mass is 204 g/mol. The molecule has 0 bridgehead atoms. The molecular weight excluding hydrogens is 188 g/mol. The lowest BCUT2D eigenvalue weighted by Crippen LogP contribution is -2.02. The Bertz CT molecular complexity index is 378. The molecule has 0 radical (unpaired) electrons. The van der Waals surface area contributed by atoms with Crippen LogP contribution in [-0.2, 0) is 0 Å². The molecule has 0 spiro atoms. The maximum atomic E-state index is 11.9. The molecule has 80 valence electrons. The van der Waals surface area contributed by atoms with Crippen molar-refractivity contribution in [1.29, 1.82) is 0 Å². The Morgan fingerprint density at radius 1 is 1.40 bits per heavy atom. The summed E-state index contributed by atoms with van der Waals surface area (Å²) in [6, 6.07) is 5.77. The first-order valence-corrected chi connectivity index (χ1v) is 5.49. The van der Waals surface area contributed by atoms with E-state index in [0.717, 1.165) is 29.7 Å². The second-order valence-electron chi connectivity index (χ2n) is 4.11. The zero-order chi connectivity index (χ0) is 10.8. The van der Waals surface area contributed by atoms with E-state index in [1.54, 1.807) is 0 Å². The predicted octanol–water partition coefficient (Wildman–Crippen LogP) is 2.99. The summed E-state index contributed by atoms with van der Waals surface area (Å²) in [4.78, 5) is 11.9. The third kappa shape index (κ3) is 2.38. The number of ether oxygens (including phenoxy) is 1. The van der Waals surface area contributed by atoms with Gasteiger partial charge in [0.25, 0.3) is 0 Å². The van der Waals surface area contributed by atoms with E-state index in [-0.39, 0.29) is 11.7 Å². The third-order valence-electron chi connectivity index (χ3n) is 2.59. The maximum Gasteiger partial charge on any atom is 0.166 e. The minimum Gasteiger partial charge on any atom is -0.494 e. The summed E-state index contributed by atoms with van der Waals surface area (Å²) in [6.07, 6.45) is 2.10. The molecule has 0 aromatic heterocycles. The number of rotatable bonds is 4. The molecule has 2 heteroatoms. The van der Waals surface area contributed by atoms with Crippen molar-refractivity contribution in [3.63, 3.8) is 0 Å². The number of Topliss-reactive ketones (excluding diaryl/α,β-unsaturated/α-hetero) is 1. The molecule has 1 aromatic rings. The number of carbonyl (C=O) groups excluding carboxylic acids is 1. The quantitative estimate of drug-likeness (QED) is 0.705. The Kier molecular flexibility index (Phi) is 2.76. The van der Waals surface area contributed by atoms with Crippen molar-refractivity contribution in [2.45, 2.75) is 26.7 Å². The van der Waals surface area contributed by atoms with Gasteiger partial charge in [0.05, 0.1) is 6.61 Å². The van der Waals surface area contributed by atoms with Crippen molar-refractivity contribution in [3.8, 4) is 5.75 Å². The minimum absolute atomic E-state index is 0.277. The zero-order valence-electron chi connectivity index (χ0n) is 9.25. The van der Waals surface area contributed by atoms with Crippen LogP contribution in [0.3, 0.4) is 0 Å². The molecule has 1 aliphatic carbocycles. The van der Waals surface area contributed by atoms with Gasteiger partial charge in [-0.1, -0.05) is 0 Å². The van der Waals surface area contributed by atoms with Crippen LogP contribution < -0.4 is 4.74 Å². The Morgan fingerprint density at radius 3 is 2.73 bits per heavy atom. The van der Waals surface area contributed by atoms with E-state index in [1.807, 2.05) is 32.0 Å². The summed E-state index contributed by atoms with van der Waals surface area (Å²) >= 11 is 0. The number of aryl methyl sites for hydroxylation is 1. The highest BCUT2D eigenvalue weighted by molar-refractivity contribution is 5.99. The smallest absolute Gasteiger partial charge is 0.166 e. The van der Waals surface area contributed by atoms with Gasteiger partial charge in [-0.3, -0.25) is 4.79 Å². The van der Waals surface area contributed by atoms with Crippen molar-refractivity contribution in [2.75, 3.05) is 6.61 Å². The number of hydrogen-bond donors (Lipinski definition) is 0. The van der Waals surface area contributed by atoms with Crippen LogP contribution in [0, 0.1) is 12.8 Å². The van der Waals surface area contributed by atoms with E-state index in [0.29, 0.717) is 6.61 Å². The SMILES string of the molecule is CCOc1cc(C)cc(C(=O)C2CC2)c1. The van der Waals surface area contributed by atoms with Crippen LogP contribution in [0.25, 0.3) is 0 Å². The van der Waals surface area contributed by atoms with Gasteiger partial charge >= 0.3 is 0 Å². The summed E-state index contributed by atoms with van der Waals surface area (Å²) in [5.74, 6) is 1.36. The van der Waals surface area contributed by atoms with Gasteiger partial charge in [0.2, 0.25) is 0 Å². The van der Waals surface area contributed by atoms with E-state index in [9.17, 15) is 4.79 Å². The molecule has 0 N–H and O–H groups in total. The zero-order valence-corrected chi connectivity index (χ0v) is 9.25. The average molecular weight is 204 g/mol. The second kappa shape index (κ2) is 4.05. The average Bonchev–Trinajstić information content (AvgIpc) is 2.99. The topological polar surface area (TPSA) is 26.3 Å². The van der Waals surface area contributed by atoms with Gasteiger partial charge in [-0.15, -0.1) is 0 Å². The van der Waals surface area contributed by atoms with Crippen molar-refractivity contribution in [2.24, 2.45) is 5.92 Å². The predicted molar refractivity (Wildman–Crippen MR) is 59.4 cm³/mol. The lowest BCUT2D eigenvalue weighted by molar-refractivity contribution is 0.0967. The fourth-order valence-corrected chi connectivity index (χ4v) is 1.72. The van der Waals surface area contributed by atoms with Gasteiger partial charge in [0.15, 0.2) is 5.78 Å². The molecule has 2 rings (SSSR count). The minimum atomic E-state index is 0.277. The highest BCUT2D eigenvalue weighted by atomic mass is 16.5. The second-order valence-corrected chi connectivity index (χ2v) is 4.11. The first-order valence-electron chi connectivity index (χ1n) is 5.49. The lowest BCUT2D eigenvalue weighted by atomic mass is 10.0. The lowest BCUT2D eigenvalue weighted by Gasteiger charge is -2.07. The van der Waals surface area contributed by atoms with Crippen molar-refractivity contribution >= 4 is 5.78 Å². The molecule has 1 aliphatic rings. The Morgan fingerprint density at radius 2 is 2.13 bits per heavy atom. The van der Waals surface area contributed by atoms with Crippen LogP contribution in [0.5, 0.6) is 5.75 Å². The molecule has 15 heavy (non-hydrogen) atoms. The fraction of sp³-hybridized carbons (Fsp3) is 0.462. The van der Waals surface area contributed by atoms with Gasteiger partial charge in [-0.2, -0.15) is 0 Å². The van der Waals surface area contributed by atoms with E-state index in [2.05, 4.69) is 0 Å². The number of benzene rings is 1. The van der Waals surface area contributed by atoms with Crippen LogP contribution in [0.2, 0.25) is 0 Å². The van der Waals surface area contributed by atoms with E-state index in [4.69, 9.17) is 4.74 Å². The molecule has 1 saturated carbocycles. The van der Waals surface area contributed by atoms with Crippen LogP contribution in [-0.4, -0.2) is 12.4 Å². The Balaban J connectivity index is 2.25. The molecule has 2 nitrogen and oxygen atoms in total. The molecule has 0 saturated heterocycles. The summed E-state index contributed by atoms with van der Waals surface area (Å²) < 4.78 is 5.43. The van der Waals surface area contributed by atoms with E-state index < -0.39 is 0 Å². The summed E-state index contributed by atoms with van der Waals surface area (Å²) in [5, 5.41) is 0. The molecule has 0 aliphatic heterocycles. The largest absolute Gasteiger partial charge is 0.494 e. The summed E-state index contributed by atoms with van der Waals surface area (Å²) in [6.45, 7) is 4.58. The molecule has 0 unspecified atom stereocenters. The van der Waals surface area contributed by atoms with Crippen LogP contribution in [0.4, 0.5) is 0 Å². The van der Waals surface area contributed by atoms with E-state index >= 15 is 0 Å². The first kappa shape index (κ1) is 10.2. The van der Waals surface area contributed by atoms with Crippen LogP contribution in [0.1, 0.15) is 35.7 Å². The van der Waals surface area contributed by atoms with Gasteiger partial charge in [-0.25, -0.2) is 0 Å². The molecule has 0 atom stereocenters. The van der Waals surface area contributed by atoms with E-state index in [1.165, 1.54) is 0 Å². The van der Waals surface area contributed by atoms with Crippen LogP contribution >= 0.6 is 0 Å². The summed E-state index contributed by atoms with van der Waals surface area (Å²) in [5.41, 5.74) is 1.89. The standard InChI is InChI=1S/C13H16O2/c1-3-15-12-7-9(2)6-11(8-12)13(14)10-4-5-10/h6-8,10H,3-5H2,1-2H3. The number of carbonyl (C=O) groups is 1. The van der Waals surface area contributed by atoms with Crippen molar-refractivity contribution in [3.05, 3.63) is 29.3 Å². The maximum absolute atomic E-state index is 11.9. The molecule has 0 heterocycles. The molecule has 1 aromatic carbocycles. The number of hydrogen-bond acceptors (Lipinski definition) is 2. The number of ketones is 1. The Labute approximate surface area is 90.3 Å². The summed E-state index contributed by atoms with van der Waals surface area (Å²) in [7, 11) is 0. The molecular formula is C13H16O2. The fourth-order valence-electron chi connectivity index (χ4n) is 1.72. The van der Waals surface area contributed by atoms with Crippen LogP contribution in [0.15, 0.2) is 18.2 Å². The Hall–Kier alpha value is -1.31. The highest BCUT2D eigenvalue weighted by Crippen LogP contribution is 2.33. The normalized spacial score (nSPS) is 15.1. The van der Waals surface area contributed by atoms with Crippen molar-refractivity contribution < 1.29 is 9.53 Å². The first-order chi connectivity index (χ1) is 7.20. The van der Waals surface area contributed by atoms with Gasteiger partial charge in [0, 0.05) is 11.5 Å². The van der Waals surface area contributed by atoms with Crippen molar-refractivity contribution in [1.82, 2.24) is 0 Å². The van der Waals surface area contributed by atoms with Gasteiger partial charge in [-0.05, 0) is 50.5 Å². The van der Waals surface area contributed by atoms with Gasteiger partial charge < -0.3 is 4.74 Å². The molecule has 0 amide bonds. The molecule has 1 fully saturated rings.